The van der Waals surface area contributed by atoms with Crippen LogP contribution < -0.4 is 5.56 Å². The Bertz CT molecular complexity index is 461. The number of aryl methyl sites for hydroxylation is 1. The van der Waals surface area contributed by atoms with Crippen LogP contribution in [0.4, 0.5) is 0 Å². The van der Waals surface area contributed by atoms with E-state index in [1.807, 2.05) is 29.5 Å². The van der Waals surface area contributed by atoms with Crippen molar-refractivity contribution < 1.29 is 4.74 Å². The van der Waals surface area contributed by atoms with Crippen molar-refractivity contribution in [3.63, 3.8) is 0 Å². The second-order valence-corrected chi connectivity index (χ2v) is 5.49. The van der Waals surface area contributed by atoms with Crippen molar-refractivity contribution in [2.75, 3.05) is 26.7 Å². The molecular weight excluding hydrogens is 333 g/mol. The molecule has 2 rings (SSSR count). The summed E-state index contributed by atoms with van der Waals surface area (Å²) in [4.78, 5) is 18.4. The average Bonchev–Trinajstić information content (AvgIpc) is 2.30. The Hall–Kier alpha value is -0.470. The van der Waals surface area contributed by atoms with Crippen LogP contribution in [-0.4, -0.2) is 47.3 Å². The average molecular weight is 349 g/mol. The summed E-state index contributed by atoms with van der Waals surface area (Å²) in [5, 5.41) is 0. The lowest BCUT2D eigenvalue weighted by Crippen LogP contribution is -2.44. The lowest BCUT2D eigenvalue weighted by atomic mass is 10.2. The highest BCUT2D eigenvalue weighted by atomic mass is 127. The number of morpholine rings is 1. The van der Waals surface area contributed by atoms with Gasteiger partial charge in [0.05, 0.1) is 22.8 Å². The van der Waals surface area contributed by atoms with Crippen molar-refractivity contribution in [3.8, 4) is 0 Å². The van der Waals surface area contributed by atoms with Crippen molar-refractivity contribution in [1.29, 1.82) is 0 Å². The first-order valence-electron chi connectivity index (χ1n) is 5.60. The van der Waals surface area contributed by atoms with Gasteiger partial charge in [-0.2, -0.15) is 0 Å². The van der Waals surface area contributed by atoms with Gasteiger partial charge >= 0.3 is 0 Å². The molecule has 17 heavy (non-hydrogen) atoms. The molecule has 1 aliphatic heterocycles. The van der Waals surface area contributed by atoms with E-state index >= 15 is 0 Å². The number of aromatic nitrogens is 2. The van der Waals surface area contributed by atoms with Crippen molar-refractivity contribution >= 4 is 22.6 Å². The minimum absolute atomic E-state index is 0.0231. The van der Waals surface area contributed by atoms with Crippen LogP contribution in [0.25, 0.3) is 0 Å². The molecule has 1 saturated heterocycles. The van der Waals surface area contributed by atoms with Crippen LogP contribution in [0.15, 0.2) is 11.0 Å². The molecule has 0 spiro atoms. The van der Waals surface area contributed by atoms with Gasteiger partial charge in [-0.05, 0) is 36.6 Å². The van der Waals surface area contributed by atoms with Gasteiger partial charge in [0, 0.05) is 19.3 Å². The fraction of sp³-hybridized carbons (Fsp3) is 0.636. The number of ether oxygens (including phenoxy) is 1. The summed E-state index contributed by atoms with van der Waals surface area (Å²) in [5.74, 6) is 0.743. The normalized spacial score (nSPS) is 21.7. The molecule has 6 heteroatoms. The van der Waals surface area contributed by atoms with Gasteiger partial charge in [0.15, 0.2) is 0 Å². The topological polar surface area (TPSA) is 47.4 Å². The van der Waals surface area contributed by atoms with E-state index in [-0.39, 0.29) is 11.7 Å². The van der Waals surface area contributed by atoms with Crippen molar-refractivity contribution in [3.05, 3.63) is 25.9 Å². The maximum Gasteiger partial charge on any atom is 0.267 e. The number of nitrogens with zero attached hydrogens (tertiary/aromatic N) is 3. The minimum Gasteiger partial charge on any atom is -0.374 e. The van der Waals surface area contributed by atoms with Gasteiger partial charge in [0.25, 0.3) is 5.56 Å². The second kappa shape index (κ2) is 5.45. The molecule has 0 N–H and O–H groups in total. The summed E-state index contributed by atoms with van der Waals surface area (Å²) in [7, 11) is 2.07. The zero-order valence-corrected chi connectivity index (χ0v) is 12.2. The third kappa shape index (κ3) is 3.05. The Morgan fingerprint density at radius 2 is 2.41 bits per heavy atom. The highest BCUT2D eigenvalue weighted by Gasteiger charge is 2.19. The van der Waals surface area contributed by atoms with Crippen molar-refractivity contribution in [2.45, 2.75) is 19.6 Å². The second-order valence-electron chi connectivity index (χ2n) is 4.32. The molecule has 2 heterocycles. The smallest absolute Gasteiger partial charge is 0.267 e. The molecule has 0 aliphatic carbocycles. The van der Waals surface area contributed by atoms with E-state index in [0.29, 0.717) is 10.1 Å². The maximum atomic E-state index is 12.0. The summed E-state index contributed by atoms with van der Waals surface area (Å²) in [6, 6.07) is 0. The SMILES string of the molecule is Cc1ncc(I)c(=O)n1CC1CN(C)CCO1. The summed E-state index contributed by atoms with van der Waals surface area (Å²) in [6.45, 7) is 4.97. The number of hydrogen-bond donors (Lipinski definition) is 0. The van der Waals surface area contributed by atoms with E-state index in [4.69, 9.17) is 4.74 Å². The predicted molar refractivity (Wildman–Crippen MR) is 73.2 cm³/mol. The lowest BCUT2D eigenvalue weighted by Gasteiger charge is -2.30. The summed E-state index contributed by atoms with van der Waals surface area (Å²) in [5.41, 5.74) is 0.0231. The molecule has 1 unspecified atom stereocenters. The van der Waals surface area contributed by atoms with E-state index in [0.717, 1.165) is 25.5 Å². The minimum atomic E-state index is 0.0231. The van der Waals surface area contributed by atoms with Crippen molar-refractivity contribution in [2.24, 2.45) is 0 Å². The number of likely N-dealkylation sites (N-methyl/N-ethyl adjacent to an activating group) is 1. The first-order valence-corrected chi connectivity index (χ1v) is 6.68. The molecule has 1 aromatic heterocycles. The number of halogens is 1. The number of rotatable bonds is 2. The molecule has 94 valence electrons. The molecule has 0 bridgehead atoms. The highest BCUT2D eigenvalue weighted by molar-refractivity contribution is 14.1. The molecule has 0 aromatic carbocycles. The van der Waals surface area contributed by atoms with Crippen LogP contribution in [0.5, 0.6) is 0 Å². The van der Waals surface area contributed by atoms with Gasteiger partial charge < -0.3 is 9.64 Å². The van der Waals surface area contributed by atoms with Gasteiger partial charge in [-0.1, -0.05) is 0 Å². The summed E-state index contributed by atoms with van der Waals surface area (Å²) >= 11 is 2.02. The summed E-state index contributed by atoms with van der Waals surface area (Å²) in [6.07, 6.45) is 1.69. The van der Waals surface area contributed by atoms with Crippen LogP contribution in [0.2, 0.25) is 0 Å². The first kappa shape index (κ1) is 13.0. The molecular formula is C11H16IN3O2. The first-order chi connectivity index (χ1) is 8.08. The fourth-order valence-corrected chi connectivity index (χ4v) is 2.38. The van der Waals surface area contributed by atoms with E-state index in [1.54, 1.807) is 10.8 Å². The third-order valence-corrected chi connectivity index (χ3v) is 3.67. The quantitative estimate of drug-likeness (QED) is 0.729. The molecule has 1 aliphatic rings. The van der Waals surface area contributed by atoms with Crippen molar-refractivity contribution in [1.82, 2.24) is 14.5 Å². The van der Waals surface area contributed by atoms with Crippen LogP contribution in [0.1, 0.15) is 5.82 Å². The van der Waals surface area contributed by atoms with E-state index in [2.05, 4.69) is 16.9 Å². The standard InChI is InChI=1S/C11H16IN3O2/c1-8-13-5-10(12)11(16)15(8)7-9-6-14(2)3-4-17-9/h5,9H,3-4,6-7H2,1-2H3. The van der Waals surface area contributed by atoms with Gasteiger partial charge in [-0.15, -0.1) is 0 Å². The van der Waals surface area contributed by atoms with Crippen LogP contribution in [0.3, 0.4) is 0 Å². The Morgan fingerprint density at radius 3 is 3.12 bits per heavy atom. The maximum absolute atomic E-state index is 12.0. The molecule has 0 radical (unpaired) electrons. The molecule has 1 atom stereocenters. The van der Waals surface area contributed by atoms with Gasteiger partial charge in [0.1, 0.15) is 5.82 Å². The Balaban J connectivity index is 2.18. The highest BCUT2D eigenvalue weighted by Crippen LogP contribution is 2.06. The monoisotopic (exact) mass is 349 g/mol. The molecule has 1 fully saturated rings. The zero-order chi connectivity index (χ0) is 12.4. The van der Waals surface area contributed by atoms with Gasteiger partial charge in [-0.25, -0.2) is 4.98 Å². The molecule has 0 amide bonds. The molecule has 5 nitrogen and oxygen atoms in total. The van der Waals surface area contributed by atoms with Crippen LogP contribution in [0, 0.1) is 10.5 Å². The largest absolute Gasteiger partial charge is 0.374 e. The fourth-order valence-electron chi connectivity index (χ4n) is 1.95. The summed E-state index contributed by atoms with van der Waals surface area (Å²) < 4.78 is 8.02. The van der Waals surface area contributed by atoms with Gasteiger partial charge in [0.2, 0.25) is 0 Å². The van der Waals surface area contributed by atoms with Crippen LogP contribution in [-0.2, 0) is 11.3 Å². The van der Waals surface area contributed by atoms with E-state index in [1.165, 1.54) is 0 Å². The van der Waals surface area contributed by atoms with E-state index < -0.39 is 0 Å². The van der Waals surface area contributed by atoms with E-state index in [9.17, 15) is 4.79 Å². The lowest BCUT2D eigenvalue weighted by molar-refractivity contribution is -0.0283. The van der Waals surface area contributed by atoms with Gasteiger partial charge in [-0.3, -0.25) is 9.36 Å². The molecule has 1 aromatic rings. The predicted octanol–water partition coefficient (Wildman–Crippen LogP) is 0.487. The third-order valence-electron chi connectivity index (χ3n) is 2.93. The molecule has 0 saturated carbocycles. The Morgan fingerprint density at radius 1 is 1.65 bits per heavy atom. The van der Waals surface area contributed by atoms with Crippen LogP contribution >= 0.6 is 22.6 Å². The zero-order valence-electron chi connectivity index (χ0n) is 10.0. The Kier molecular flexibility index (Phi) is 4.16. The number of hydrogen-bond acceptors (Lipinski definition) is 4. The Labute approximate surface area is 114 Å².